The molecule has 0 radical (unpaired) electrons. The number of hydrogen-bond donors (Lipinski definition) is 2. The van der Waals surface area contributed by atoms with E-state index in [9.17, 15) is 14.0 Å². The summed E-state index contributed by atoms with van der Waals surface area (Å²) in [5.41, 5.74) is 0.107. The van der Waals surface area contributed by atoms with Crippen molar-refractivity contribution >= 4 is 44.1 Å². The van der Waals surface area contributed by atoms with Crippen molar-refractivity contribution in [3.8, 4) is 0 Å². The standard InChI is InChI=1S/C12H7BrFNO3S/c13-9-2-1-6(14)5-8(9)10(16)15-11-7(12(17)18)3-4-19-11/h1-5H,(H,15,16)(H,17,18). The van der Waals surface area contributed by atoms with E-state index in [2.05, 4.69) is 21.2 Å². The maximum Gasteiger partial charge on any atom is 0.338 e. The second-order valence-corrected chi connectivity index (χ2v) is 5.32. The van der Waals surface area contributed by atoms with E-state index in [0.29, 0.717) is 4.47 Å². The highest BCUT2D eigenvalue weighted by atomic mass is 79.9. The minimum Gasteiger partial charge on any atom is -0.478 e. The van der Waals surface area contributed by atoms with Gasteiger partial charge in [-0.2, -0.15) is 0 Å². The Kier molecular flexibility index (Phi) is 3.96. The second-order valence-electron chi connectivity index (χ2n) is 3.55. The molecule has 2 aromatic rings. The van der Waals surface area contributed by atoms with E-state index in [0.717, 1.165) is 17.4 Å². The van der Waals surface area contributed by atoms with Crippen LogP contribution in [0.4, 0.5) is 9.39 Å². The van der Waals surface area contributed by atoms with Crippen LogP contribution in [0.5, 0.6) is 0 Å². The molecule has 0 spiro atoms. The molecule has 0 fully saturated rings. The van der Waals surface area contributed by atoms with Gasteiger partial charge in [0.1, 0.15) is 10.8 Å². The van der Waals surface area contributed by atoms with Crippen molar-refractivity contribution < 1.29 is 19.1 Å². The fourth-order valence-electron chi connectivity index (χ4n) is 1.42. The minimum absolute atomic E-state index is 0.00544. The molecule has 4 nitrogen and oxygen atoms in total. The van der Waals surface area contributed by atoms with Crippen molar-refractivity contribution in [1.82, 2.24) is 0 Å². The number of amides is 1. The molecule has 0 aliphatic carbocycles. The topological polar surface area (TPSA) is 66.4 Å². The molecule has 0 aliphatic heterocycles. The molecule has 1 aromatic heterocycles. The maximum atomic E-state index is 13.1. The van der Waals surface area contributed by atoms with Crippen LogP contribution in [0.15, 0.2) is 34.1 Å². The van der Waals surface area contributed by atoms with Crippen LogP contribution in [0, 0.1) is 5.82 Å². The van der Waals surface area contributed by atoms with Gasteiger partial charge in [-0.25, -0.2) is 9.18 Å². The molecular weight excluding hydrogens is 337 g/mol. The summed E-state index contributed by atoms with van der Waals surface area (Å²) in [5, 5.41) is 13.2. The Morgan fingerprint density at radius 2 is 2.00 bits per heavy atom. The minimum atomic E-state index is -1.13. The first-order chi connectivity index (χ1) is 8.99. The number of aromatic carboxylic acids is 1. The van der Waals surface area contributed by atoms with Crippen molar-refractivity contribution in [2.75, 3.05) is 5.32 Å². The summed E-state index contributed by atoms with van der Waals surface area (Å²) in [4.78, 5) is 22.9. The van der Waals surface area contributed by atoms with Crippen molar-refractivity contribution in [3.63, 3.8) is 0 Å². The summed E-state index contributed by atoms with van der Waals surface area (Å²) in [7, 11) is 0. The monoisotopic (exact) mass is 343 g/mol. The summed E-state index contributed by atoms with van der Waals surface area (Å²) < 4.78 is 13.5. The summed E-state index contributed by atoms with van der Waals surface area (Å²) >= 11 is 4.23. The Bertz CT molecular complexity index is 656. The second kappa shape index (κ2) is 5.50. The molecule has 98 valence electrons. The lowest BCUT2D eigenvalue weighted by Crippen LogP contribution is -2.14. The molecule has 0 unspecified atom stereocenters. The van der Waals surface area contributed by atoms with E-state index < -0.39 is 17.7 Å². The molecule has 0 aliphatic rings. The predicted molar refractivity (Wildman–Crippen MR) is 73.3 cm³/mol. The third kappa shape index (κ3) is 2.99. The highest BCUT2D eigenvalue weighted by Crippen LogP contribution is 2.25. The molecule has 2 rings (SSSR count). The number of carbonyl (C=O) groups excluding carboxylic acids is 1. The van der Waals surface area contributed by atoms with Gasteiger partial charge in [0.2, 0.25) is 0 Å². The molecule has 7 heteroatoms. The summed E-state index contributed by atoms with van der Waals surface area (Å²) in [6.07, 6.45) is 0. The zero-order valence-electron chi connectivity index (χ0n) is 9.31. The van der Waals surface area contributed by atoms with Crippen LogP contribution < -0.4 is 5.32 Å². The molecule has 0 bridgehead atoms. The molecule has 1 aromatic carbocycles. The number of anilines is 1. The lowest BCUT2D eigenvalue weighted by Gasteiger charge is -2.06. The third-order valence-corrected chi connectivity index (χ3v) is 3.82. The first-order valence-corrected chi connectivity index (χ1v) is 6.73. The number of carboxylic acids is 1. The largest absolute Gasteiger partial charge is 0.478 e. The van der Waals surface area contributed by atoms with Crippen LogP contribution >= 0.6 is 27.3 Å². The van der Waals surface area contributed by atoms with Crippen LogP contribution in [0.1, 0.15) is 20.7 Å². The van der Waals surface area contributed by atoms with Crippen LogP contribution in [-0.4, -0.2) is 17.0 Å². The Hall–Kier alpha value is -1.73. The number of carboxylic acid groups (broad SMARTS) is 1. The summed E-state index contributed by atoms with van der Waals surface area (Å²) in [6, 6.07) is 5.10. The Balaban J connectivity index is 2.28. The van der Waals surface area contributed by atoms with Crippen molar-refractivity contribution in [1.29, 1.82) is 0 Å². The van der Waals surface area contributed by atoms with Gasteiger partial charge in [0, 0.05) is 4.47 Å². The normalized spacial score (nSPS) is 10.2. The fraction of sp³-hybridized carbons (Fsp3) is 0. The highest BCUT2D eigenvalue weighted by molar-refractivity contribution is 9.10. The number of benzene rings is 1. The molecule has 2 N–H and O–H groups in total. The lowest BCUT2D eigenvalue weighted by molar-refractivity contribution is 0.0698. The van der Waals surface area contributed by atoms with E-state index in [1.807, 2.05) is 0 Å². The van der Waals surface area contributed by atoms with Gasteiger partial charge in [-0.3, -0.25) is 4.79 Å². The zero-order valence-corrected chi connectivity index (χ0v) is 11.7. The molecule has 0 saturated carbocycles. The first-order valence-electron chi connectivity index (χ1n) is 5.06. The van der Waals surface area contributed by atoms with Gasteiger partial charge >= 0.3 is 5.97 Å². The van der Waals surface area contributed by atoms with Crippen molar-refractivity contribution in [2.24, 2.45) is 0 Å². The predicted octanol–water partition coefficient (Wildman–Crippen LogP) is 3.60. The van der Waals surface area contributed by atoms with Gasteiger partial charge in [-0.05, 0) is 45.6 Å². The van der Waals surface area contributed by atoms with Crippen LogP contribution in [0.25, 0.3) is 0 Å². The van der Waals surface area contributed by atoms with Crippen LogP contribution in [0.3, 0.4) is 0 Å². The summed E-state index contributed by atoms with van der Waals surface area (Å²) in [6.45, 7) is 0. The van der Waals surface area contributed by atoms with E-state index in [1.165, 1.54) is 18.2 Å². The van der Waals surface area contributed by atoms with Gasteiger partial charge in [-0.15, -0.1) is 11.3 Å². The first kappa shape index (κ1) is 13.7. The Morgan fingerprint density at radius 1 is 1.26 bits per heavy atom. The van der Waals surface area contributed by atoms with Crippen molar-refractivity contribution in [2.45, 2.75) is 0 Å². The average Bonchev–Trinajstić information content (AvgIpc) is 2.80. The van der Waals surface area contributed by atoms with Gasteiger partial charge < -0.3 is 10.4 Å². The lowest BCUT2D eigenvalue weighted by atomic mass is 10.2. The van der Waals surface area contributed by atoms with E-state index in [-0.39, 0.29) is 16.1 Å². The SMILES string of the molecule is O=C(Nc1sccc1C(=O)O)c1cc(F)ccc1Br. The van der Waals surface area contributed by atoms with Gasteiger partial charge in [0.15, 0.2) is 0 Å². The van der Waals surface area contributed by atoms with E-state index >= 15 is 0 Å². The number of halogens is 2. The molecular formula is C12H7BrFNO3S. The number of rotatable bonds is 3. The van der Waals surface area contributed by atoms with E-state index in [1.54, 1.807) is 5.38 Å². The number of carbonyl (C=O) groups is 2. The van der Waals surface area contributed by atoms with E-state index in [4.69, 9.17) is 5.11 Å². The zero-order chi connectivity index (χ0) is 14.0. The number of thiophene rings is 1. The average molecular weight is 344 g/mol. The maximum absolute atomic E-state index is 13.1. The molecule has 0 saturated heterocycles. The van der Waals surface area contributed by atoms with Crippen LogP contribution in [-0.2, 0) is 0 Å². The molecule has 1 heterocycles. The quantitative estimate of drug-likeness (QED) is 0.894. The van der Waals surface area contributed by atoms with Gasteiger partial charge in [0.25, 0.3) is 5.91 Å². The smallest absolute Gasteiger partial charge is 0.338 e. The summed E-state index contributed by atoms with van der Waals surface area (Å²) in [5.74, 6) is -2.25. The fourth-order valence-corrected chi connectivity index (χ4v) is 2.62. The van der Waals surface area contributed by atoms with Crippen molar-refractivity contribution in [3.05, 3.63) is 51.1 Å². The third-order valence-electron chi connectivity index (χ3n) is 2.30. The Labute approximate surface area is 120 Å². The molecule has 0 atom stereocenters. The van der Waals surface area contributed by atoms with Gasteiger partial charge in [-0.1, -0.05) is 0 Å². The Morgan fingerprint density at radius 3 is 2.68 bits per heavy atom. The van der Waals surface area contributed by atoms with Crippen LogP contribution in [0.2, 0.25) is 0 Å². The molecule has 19 heavy (non-hydrogen) atoms. The molecule has 1 amide bonds. The number of hydrogen-bond acceptors (Lipinski definition) is 3. The number of nitrogens with one attached hydrogen (secondary N) is 1. The highest BCUT2D eigenvalue weighted by Gasteiger charge is 2.16. The van der Waals surface area contributed by atoms with Gasteiger partial charge in [0.05, 0.1) is 11.1 Å².